The Morgan fingerprint density at radius 1 is 0.923 bits per heavy atom. The fraction of sp³-hybridized carbons (Fsp3) is 0.952. The number of hydrogen-bond donors (Lipinski definition) is 2. The number of carboxylic acid groups (broad SMARTS) is 1. The van der Waals surface area contributed by atoms with Crippen molar-refractivity contribution in [2.24, 2.45) is 0 Å². The van der Waals surface area contributed by atoms with Crippen molar-refractivity contribution < 1.29 is 24.2 Å². The monoisotopic (exact) mass is 374 g/mol. The summed E-state index contributed by atoms with van der Waals surface area (Å²) in [6.07, 6.45) is 12.9. The second kappa shape index (κ2) is 15.4. The number of carbonyl (C=O) groups is 1. The average molecular weight is 375 g/mol. The first-order valence-corrected chi connectivity index (χ1v) is 10.7. The second-order valence-electron chi connectivity index (χ2n) is 8.13. The molecule has 0 saturated heterocycles. The topological polar surface area (TPSA) is 66.8 Å². The summed E-state index contributed by atoms with van der Waals surface area (Å²) in [7, 11) is 3.71. The van der Waals surface area contributed by atoms with Crippen molar-refractivity contribution >= 4 is 5.97 Å². The Balaban J connectivity index is 3.62. The molecule has 5 heteroatoms. The van der Waals surface area contributed by atoms with Crippen molar-refractivity contribution in [2.45, 2.75) is 96.6 Å². The van der Waals surface area contributed by atoms with E-state index in [2.05, 4.69) is 6.92 Å². The van der Waals surface area contributed by atoms with Gasteiger partial charge in [-0.25, -0.2) is 4.79 Å². The SMILES string of the molecule is CCCCCCCCCCCCOCC(O)C[N+](C)(C)C(CC)C(=O)O. The largest absolute Gasteiger partial charge is 0.477 e. The van der Waals surface area contributed by atoms with Crippen molar-refractivity contribution in [3.63, 3.8) is 0 Å². The maximum atomic E-state index is 11.3. The summed E-state index contributed by atoms with van der Waals surface area (Å²) >= 11 is 0. The molecule has 0 aromatic heterocycles. The Hall–Kier alpha value is -0.650. The Bertz CT molecular complexity index is 347. The van der Waals surface area contributed by atoms with Crippen molar-refractivity contribution in [3.05, 3.63) is 0 Å². The van der Waals surface area contributed by atoms with E-state index in [1.54, 1.807) is 0 Å². The van der Waals surface area contributed by atoms with Crippen LogP contribution in [0.1, 0.15) is 84.5 Å². The van der Waals surface area contributed by atoms with Crippen LogP contribution in [0.4, 0.5) is 0 Å². The van der Waals surface area contributed by atoms with Crippen LogP contribution in [0.5, 0.6) is 0 Å². The summed E-state index contributed by atoms with van der Waals surface area (Å²) in [5.41, 5.74) is 0. The molecule has 0 aliphatic rings. The molecule has 0 saturated carbocycles. The van der Waals surface area contributed by atoms with Crippen molar-refractivity contribution in [1.29, 1.82) is 0 Å². The summed E-state index contributed by atoms with van der Waals surface area (Å²) in [4.78, 5) is 11.3. The van der Waals surface area contributed by atoms with Gasteiger partial charge in [-0.1, -0.05) is 71.6 Å². The molecule has 5 nitrogen and oxygen atoms in total. The first-order valence-electron chi connectivity index (χ1n) is 10.7. The molecular formula is C21H44NO4+. The summed E-state index contributed by atoms with van der Waals surface area (Å²) in [6, 6.07) is -0.494. The molecule has 156 valence electrons. The van der Waals surface area contributed by atoms with Crippen LogP contribution in [-0.4, -0.2) is 66.7 Å². The molecular weight excluding hydrogens is 330 g/mol. The van der Waals surface area contributed by atoms with Crippen LogP contribution in [0.25, 0.3) is 0 Å². The number of carboxylic acids is 1. The smallest absolute Gasteiger partial charge is 0.362 e. The van der Waals surface area contributed by atoms with E-state index in [9.17, 15) is 15.0 Å². The number of ether oxygens (including phenoxy) is 1. The van der Waals surface area contributed by atoms with E-state index >= 15 is 0 Å². The Morgan fingerprint density at radius 2 is 1.42 bits per heavy atom. The molecule has 0 spiro atoms. The number of rotatable bonds is 18. The molecule has 0 aliphatic heterocycles. The molecule has 0 aromatic carbocycles. The lowest BCUT2D eigenvalue weighted by Crippen LogP contribution is -2.56. The molecule has 0 heterocycles. The van der Waals surface area contributed by atoms with E-state index in [0.29, 0.717) is 19.6 Å². The predicted molar refractivity (Wildman–Crippen MR) is 107 cm³/mol. The van der Waals surface area contributed by atoms with Crippen molar-refractivity contribution in [1.82, 2.24) is 0 Å². The molecule has 2 unspecified atom stereocenters. The minimum atomic E-state index is -0.809. The molecule has 0 aromatic rings. The van der Waals surface area contributed by atoms with E-state index in [1.807, 2.05) is 21.0 Å². The van der Waals surface area contributed by atoms with Gasteiger partial charge in [0.25, 0.3) is 0 Å². The third kappa shape index (κ3) is 12.7. The zero-order valence-corrected chi connectivity index (χ0v) is 17.7. The van der Waals surface area contributed by atoms with Crippen LogP contribution in [0, 0.1) is 0 Å². The first kappa shape index (κ1) is 25.4. The van der Waals surface area contributed by atoms with E-state index < -0.39 is 18.1 Å². The van der Waals surface area contributed by atoms with Crippen molar-refractivity contribution in [2.75, 3.05) is 33.9 Å². The van der Waals surface area contributed by atoms with E-state index in [-0.39, 0.29) is 11.1 Å². The van der Waals surface area contributed by atoms with Crippen LogP contribution >= 0.6 is 0 Å². The molecule has 0 bridgehead atoms. The molecule has 0 fully saturated rings. The highest BCUT2D eigenvalue weighted by Crippen LogP contribution is 2.13. The van der Waals surface area contributed by atoms with Gasteiger partial charge < -0.3 is 19.4 Å². The zero-order valence-electron chi connectivity index (χ0n) is 17.7. The zero-order chi connectivity index (χ0) is 19.8. The Morgan fingerprint density at radius 3 is 1.88 bits per heavy atom. The number of aliphatic hydroxyl groups is 1. The quantitative estimate of drug-likeness (QED) is 0.278. The molecule has 0 aliphatic carbocycles. The van der Waals surface area contributed by atoms with Gasteiger partial charge in [-0.05, 0) is 6.42 Å². The van der Waals surface area contributed by atoms with Crippen LogP contribution in [0.2, 0.25) is 0 Å². The first-order chi connectivity index (χ1) is 12.3. The van der Waals surface area contributed by atoms with E-state index in [1.165, 1.54) is 57.8 Å². The van der Waals surface area contributed by atoms with Gasteiger partial charge in [-0.3, -0.25) is 0 Å². The maximum absolute atomic E-state index is 11.3. The average Bonchev–Trinajstić information content (AvgIpc) is 2.55. The van der Waals surface area contributed by atoms with Crippen LogP contribution in [0.3, 0.4) is 0 Å². The fourth-order valence-corrected chi connectivity index (χ4v) is 3.60. The minimum absolute atomic E-state index is 0.272. The van der Waals surface area contributed by atoms with Gasteiger partial charge in [0, 0.05) is 13.0 Å². The van der Waals surface area contributed by atoms with Gasteiger partial charge in [0.15, 0.2) is 6.04 Å². The standard InChI is InChI=1S/C21H43NO4/c1-5-7-8-9-10-11-12-13-14-15-16-26-18-19(23)17-22(3,4)20(6-2)21(24)25/h19-20,23H,5-18H2,1-4H3/p+1. The van der Waals surface area contributed by atoms with Crippen molar-refractivity contribution in [3.8, 4) is 0 Å². The fourth-order valence-electron chi connectivity index (χ4n) is 3.60. The highest BCUT2D eigenvalue weighted by Gasteiger charge is 2.34. The molecule has 2 N–H and O–H groups in total. The lowest BCUT2D eigenvalue weighted by atomic mass is 10.1. The summed E-state index contributed by atoms with van der Waals surface area (Å²) in [5.74, 6) is -0.809. The number of aliphatic carboxylic acids is 1. The Kier molecular flexibility index (Phi) is 15.0. The van der Waals surface area contributed by atoms with Crippen LogP contribution < -0.4 is 0 Å². The number of aliphatic hydroxyl groups excluding tert-OH is 1. The molecule has 2 atom stereocenters. The lowest BCUT2D eigenvalue weighted by Gasteiger charge is -2.36. The molecule has 0 rings (SSSR count). The van der Waals surface area contributed by atoms with Crippen LogP contribution in [0.15, 0.2) is 0 Å². The normalized spacial score (nSPS) is 14.3. The van der Waals surface area contributed by atoms with Gasteiger partial charge in [0.2, 0.25) is 0 Å². The van der Waals surface area contributed by atoms with Gasteiger partial charge in [0.1, 0.15) is 12.6 Å². The number of quaternary nitrogens is 1. The third-order valence-electron chi connectivity index (χ3n) is 5.15. The van der Waals surface area contributed by atoms with E-state index in [0.717, 1.165) is 6.42 Å². The summed E-state index contributed by atoms with van der Waals surface area (Å²) < 4.78 is 5.85. The van der Waals surface area contributed by atoms with Crippen LogP contribution in [-0.2, 0) is 9.53 Å². The number of nitrogens with zero attached hydrogens (tertiary/aromatic N) is 1. The van der Waals surface area contributed by atoms with Gasteiger partial charge in [0.05, 0.1) is 20.7 Å². The summed E-state index contributed by atoms with van der Waals surface area (Å²) in [5, 5.41) is 19.4. The lowest BCUT2D eigenvalue weighted by molar-refractivity contribution is -0.909. The second-order valence-corrected chi connectivity index (χ2v) is 8.13. The predicted octanol–water partition coefficient (Wildman–Crippen LogP) is 4.22. The number of likely N-dealkylation sites (N-methyl/N-ethyl adjacent to an activating group) is 1. The number of unbranched alkanes of at least 4 members (excludes halogenated alkanes) is 9. The van der Waals surface area contributed by atoms with E-state index in [4.69, 9.17) is 4.74 Å². The maximum Gasteiger partial charge on any atom is 0.362 e. The van der Waals surface area contributed by atoms with Gasteiger partial charge in [-0.15, -0.1) is 0 Å². The Labute approximate surface area is 161 Å². The van der Waals surface area contributed by atoms with Gasteiger partial charge >= 0.3 is 5.97 Å². The molecule has 0 amide bonds. The molecule has 26 heavy (non-hydrogen) atoms. The third-order valence-corrected chi connectivity index (χ3v) is 5.15. The highest BCUT2D eigenvalue weighted by atomic mass is 16.5. The highest BCUT2D eigenvalue weighted by molar-refractivity contribution is 5.72. The molecule has 0 radical (unpaired) electrons. The minimum Gasteiger partial charge on any atom is -0.477 e. The van der Waals surface area contributed by atoms with Gasteiger partial charge in [-0.2, -0.15) is 0 Å². The number of hydrogen-bond acceptors (Lipinski definition) is 3. The summed E-state index contributed by atoms with van der Waals surface area (Å²) in [6.45, 7) is 5.47.